The minimum Gasteiger partial charge on any atom is -0.493 e. The quantitative estimate of drug-likeness (QED) is 0.715. The van der Waals surface area contributed by atoms with Crippen molar-refractivity contribution in [2.24, 2.45) is 0 Å². The van der Waals surface area contributed by atoms with Gasteiger partial charge in [-0.2, -0.15) is 0 Å². The van der Waals surface area contributed by atoms with Crippen LogP contribution in [0.25, 0.3) is 10.1 Å². The molecule has 1 amide bonds. The molecule has 118 valence electrons. The number of hydrogen-bond donors (Lipinski definition) is 2. The van der Waals surface area contributed by atoms with Crippen molar-refractivity contribution in [2.45, 2.75) is 0 Å². The largest absolute Gasteiger partial charge is 0.493 e. The third kappa shape index (κ3) is 2.93. The fourth-order valence-corrected chi connectivity index (χ4v) is 3.24. The fourth-order valence-electron chi connectivity index (χ4n) is 2.27. The van der Waals surface area contributed by atoms with Gasteiger partial charge in [-0.05, 0) is 29.7 Å². The van der Waals surface area contributed by atoms with Crippen LogP contribution < -0.4 is 20.5 Å². The number of carbonyl (C=O) groups is 1. The number of nitrogens with one attached hydrogen (secondary N) is 1. The molecule has 0 aliphatic rings. The summed E-state index contributed by atoms with van der Waals surface area (Å²) in [6.07, 6.45) is 0. The molecule has 5 nitrogen and oxygen atoms in total. The van der Waals surface area contributed by atoms with Gasteiger partial charge in [0.1, 0.15) is 0 Å². The summed E-state index contributed by atoms with van der Waals surface area (Å²) >= 11 is 1.39. The summed E-state index contributed by atoms with van der Waals surface area (Å²) in [5.74, 6) is 1.08. The summed E-state index contributed by atoms with van der Waals surface area (Å²) < 4.78 is 11.5. The third-order valence-electron chi connectivity index (χ3n) is 3.46. The minimum absolute atomic E-state index is 0.193. The van der Waals surface area contributed by atoms with E-state index < -0.39 is 0 Å². The van der Waals surface area contributed by atoms with Crippen molar-refractivity contribution in [3.05, 3.63) is 47.3 Å². The molecular formula is C17H16N2O3S. The average Bonchev–Trinajstić information content (AvgIpc) is 2.98. The molecule has 0 saturated heterocycles. The van der Waals surface area contributed by atoms with E-state index in [4.69, 9.17) is 15.2 Å². The zero-order valence-electron chi connectivity index (χ0n) is 12.8. The Balaban J connectivity index is 1.94. The molecule has 0 spiro atoms. The first-order valence-corrected chi connectivity index (χ1v) is 7.75. The number of para-hydroxylation sites is 2. The van der Waals surface area contributed by atoms with Crippen molar-refractivity contribution in [3.8, 4) is 11.5 Å². The summed E-state index contributed by atoms with van der Waals surface area (Å²) in [5.41, 5.74) is 6.99. The first-order chi connectivity index (χ1) is 11.1. The van der Waals surface area contributed by atoms with E-state index in [1.54, 1.807) is 26.4 Å². The Morgan fingerprint density at radius 3 is 2.48 bits per heavy atom. The maximum absolute atomic E-state index is 12.4. The second-order valence-corrected chi connectivity index (χ2v) is 5.98. The van der Waals surface area contributed by atoms with Gasteiger partial charge in [-0.3, -0.25) is 4.79 Å². The maximum Gasteiger partial charge on any atom is 0.265 e. The Morgan fingerprint density at radius 1 is 1.09 bits per heavy atom. The predicted octanol–water partition coefficient (Wildman–Crippen LogP) is 3.75. The van der Waals surface area contributed by atoms with E-state index in [2.05, 4.69) is 5.32 Å². The van der Waals surface area contributed by atoms with Crippen LogP contribution >= 0.6 is 11.3 Å². The lowest BCUT2D eigenvalue weighted by Gasteiger charge is -2.06. The third-order valence-corrected chi connectivity index (χ3v) is 4.55. The molecule has 0 fully saturated rings. The Hall–Kier alpha value is -2.73. The summed E-state index contributed by atoms with van der Waals surface area (Å²) in [6.45, 7) is 0. The van der Waals surface area contributed by atoms with Crippen molar-refractivity contribution in [2.75, 3.05) is 25.3 Å². The highest BCUT2D eigenvalue weighted by molar-refractivity contribution is 7.21. The van der Waals surface area contributed by atoms with E-state index >= 15 is 0 Å². The number of amides is 1. The number of nitrogen functional groups attached to an aromatic ring is 1. The number of carbonyl (C=O) groups excluding carboxylic acids is 1. The van der Waals surface area contributed by atoms with Crippen LogP contribution in [0.2, 0.25) is 0 Å². The number of hydrogen-bond acceptors (Lipinski definition) is 5. The molecule has 0 radical (unpaired) electrons. The van der Waals surface area contributed by atoms with Gasteiger partial charge >= 0.3 is 0 Å². The fraction of sp³-hybridized carbons (Fsp3) is 0.118. The summed E-state index contributed by atoms with van der Waals surface area (Å²) in [7, 11) is 3.17. The molecule has 0 bridgehead atoms. The molecule has 0 atom stereocenters. The van der Waals surface area contributed by atoms with Crippen LogP contribution in [0.3, 0.4) is 0 Å². The summed E-state index contributed by atoms with van der Waals surface area (Å²) in [5, 5.41) is 3.76. The molecule has 3 N–H and O–H groups in total. The summed E-state index contributed by atoms with van der Waals surface area (Å²) in [4.78, 5) is 13.0. The van der Waals surface area contributed by atoms with Gasteiger partial charge in [0.15, 0.2) is 11.5 Å². The lowest BCUT2D eigenvalue weighted by atomic mass is 10.2. The Bertz CT molecular complexity index is 832. The van der Waals surface area contributed by atoms with E-state index in [0.29, 0.717) is 27.8 Å². The van der Waals surface area contributed by atoms with Gasteiger partial charge in [0.05, 0.1) is 30.5 Å². The molecule has 1 aromatic heterocycles. The van der Waals surface area contributed by atoms with Crippen molar-refractivity contribution < 1.29 is 14.3 Å². The number of rotatable bonds is 4. The van der Waals surface area contributed by atoms with Crippen LogP contribution in [0.15, 0.2) is 42.5 Å². The van der Waals surface area contributed by atoms with Crippen LogP contribution in [0.1, 0.15) is 9.67 Å². The average molecular weight is 328 g/mol. The number of nitrogens with two attached hydrogens (primary N) is 1. The lowest BCUT2D eigenvalue weighted by Crippen LogP contribution is -2.11. The molecule has 2 aromatic carbocycles. The Labute approximate surface area is 137 Å². The standard InChI is InChI=1S/C17H16N2O3S/c1-21-13-7-10-8-16(23-15(10)9-14(13)22-2)17(20)19-12-6-4-3-5-11(12)18/h3-9H,18H2,1-2H3,(H,19,20). The number of anilines is 2. The first kappa shape index (κ1) is 15.2. The Morgan fingerprint density at radius 2 is 1.78 bits per heavy atom. The molecule has 3 aromatic rings. The van der Waals surface area contributed by atoms with Gasteiger partial charge in [-0.1, -0.05) is 12.1 Å². The van der Waals surface area contributed by atoms with Gasteiger partial charge in [0, 0.05) is 10.8 Å². The zero-order chi connectivity index (χ0) is 16.4. The molecule has 0 aliphatic carbocycles. The van der Waals surface area contributed by atoms with Crippen molar-refractivity contribution in [3.63, 3.8) is 0 Å². The van der Waals surface area contributed by atoms with E-state index in [-0.39, 0.29) is 5.91 Å². The van der Waals surface area contributed by atoms with E-state index in [1.165, 1.54) is 11.3 Å². The molecule has 1 heterocycles. The Kier molecular flexibility index (Phi) is 4.08. The van der Waals surface area contributed by atoms with E-state index in [0.717, 1.165) is 10.1 Å². The number of fused-ring (bicyclic) bond motifs is 1. The minimum atomic E-state index is -0.193. The van der Waals surface area contributed by atoms with Gasteiger partial charge in [0.2, 0.25) is 0 Å². The molecule has 0 aliphatic heterocycles. The van der Waals surface area contributed by atoms with E-state index in [1.807, 2.05) is 30.3 Å². The SMILES string of the molecule is COc1cc2cc(C(=O)Nc3ccccc3N)sc2cc1OC. The number of thiophene rings is 1. The van der Waals surface area contributed by atoms with Gasteiger partial charge in [-0.15, -0.1) is 11.3 Å². The van der Waals surface area contributed by atoms with Crippen LogP contribution in [-0.2, 0) is 0 Å². The lowest BCUT2D eigenvalue weighted by molar-refractivity contribution is 0.103. The van der Waals surface area contributed by atoms with Crippen LogP contribution in [-0.4, -0.2) is 20.1 Å². The molecule has 0 saturated carbocycles. The molecule has 0 unspecified atom stereocenters. The van der Waals surface area contributed by atoms with E-state index in [9.17, 15) is 4.79 Å². The smallest absolute Gasteiger partial charge is 0.265 e. The van der Waals surface area contributed by atoms with Gasteiger partial charge < -0.3 is 20.5 Å². The second kappa shape index (κ2) is 6.18. The number of benzene rings is 2. The normalized spacial score (nSPS) is 10.5. The van der Waals surface area contributed by atoms with Crippen LogP contribution in [0.5, 0.6) is 11.5 Å². The van der Waals surface area contributed by atoms with Crippen LogP contribution in [0.4, 0.5) is 11.4 Å². The molecule has 3 rings (SSSR count). The van der Waals surface area contributed by atoms with Gasteiger partial charge in [0.25, 0.3) is 5.91 Å². The highest BCUT2D eigenvalue weighted by Crippen LogP contribution is 2.36. The molecule has 6 heteroatoms. The number of methoxy groups -OCH3 is 2. The highest BCUT2D eigenvalue weighted by Gasteiger charge is 2.14. The highest BCUT2D eigenvalue weighted by atomic mass is 32.1. The first-order valence-electron chi connectivity index (χ1n) is 6.94. The second-order valence-electron chi connectivity index (χ2n) is 4.90. The summed E-state index contributed by atoms with van der Waals surface area (Å²) in [6, 6.07) is 12.7. The monoisotopic (exact) mass is 328 g/mol. The van der Waals surface area contributed by atoms with Crippen molar-refractivity contribution >= 4 is 38.7 Å². The zero-order valence-corrected chi connectivity index (χ0v) is 13.6. The molecular weight excluding hydrogens is 312 g/mol. The predicted molar refractivity (Wildman–Crippen MR) is 93.7 cm³/mol. The van der Waals surface area contributed by atoms with Crippen LogP contribution in [0, 0.1) is 0 Å². The van der Waals surface area contributed by atoms with Crippen molar-refractivity contribution in [1.82, 2.24) is 0 Å². The van der Waals surface area contributed by atoms with Gasteiger partial charge in [-0.25, -0.2) is 0 Å². The number of ether oxygens (including phenoxy) is 2. The topological polar surface area (TPSA) is 73.6 Å². The van der Waals surface area contributed by atoms with Crippen molar-refractivity contribution in [1.29, 1.82) is 0 Å². The molecule has 23 heavy (non-hydrogen) atoms. The maximum atomic E-state index is 12.4.